The zero-order valence-corrected chi connectivity index (χ0v) is 16.1. The van der Waals surface area contributed by atoms with Crippen molar-refractivity contribution >= 4 is 34.0 Å². The number of aryl methyl sites for hydroxylation is 1. The van der Waals surface area contributed by atoms with Crippen LogP contribution in [0.3, 0.4) is 0 Å². The lowest BCUT2D eigenvalue weighted by molar-refractivity contribution is -0.121. The molecule has 1 aliphatic rings. The Hall–Kier alpha value is -2.45. The highest BCUT2D eigenvalue weighted by atomic mass is 32.1. The Balaban J connectivity index is 1.51. The second kappa shape index (κ2) is 7.66. The molecule has 1 saturated carbocycles. The Kier molecular flexibility index (Phi) is 5.09. The number of methoxy groups -OCH3 is 1. The number of ether oxygens (including phenoxy) is 1. The molecule has 7 nitrogen and oxygen atoms in total. The van der Waals surface area contributed by atoms with E-state index in [1.54, 1.807) is 13.3 Å². The number of carbonyl (C=O) groups is 1. The Morgan fingerprint density at radius 3 is 2.74 bits per heavy atom. The van der Waals surface area contributed by atoms with Gasteiger partial charge in [0.1, 0.15) is 16.5 Å². The van der Waals surface area contributed by atoms with Crippen molar-refractivity contribution in [3.8, 4) is 10.7 Å². The third-order valence-electron chi connectivity index (χ3n) is 4.95. The van der Waals surface area contributed by atoms with Crippen molar-refractivity contribution in [3.63, 3.8) is 0 Å². The number of hydrogen-bond acceptors (Lipinski definition) is 7. The highest BCUT2D eigenvalue weighted by Gasteiger charge is 2.26. The van der Waals surface area contributed by atoms with Gasteiger partial charge >= 0.3 is 0 Å². The van der Waals surface area contributed by atoms with E-state index in [0.717, 1.165) is 52.3 Å². The van der Waals surface area contributed by atoms with Gasteiger partial charge in [-0.1, -0.05) is 11.3 Å². The van der Waals surface area contributed by atoms with Gasteiger partial charge in [-0.2, -0.15) is 0 Å². The number of nitrogens with one attached hydrogen (secondary N) is 1. The average molecular weight is 383 g/mol. The SMILES string of the molecule is COC1CCC(C(=O)Nc2cc3nc(-c4nnc(C)s4)ccc3cn2)CC1. The summed E-state index contributed by atoms with van der Waals surface area (Å²) < 4.78 is 5.37. The second-order valence-corrected chi connectivity index (χ2v) is 7.97. The fourth-order valence-electron chi connectivity index (χ4n) is 3.39. The lowest BCUT2D eigenvalue weighted by Crippen LogP contribution is -2.29. The third-order valence-corrected chi connectivity index (χ3v) is 5.81. The molecule has 1 N–H and O–H groups in total. The monoisotopic (exact) mass is 383 g/mol. The molecule has 4 rings (SSSR count). The molecule has 27 heavy (non-hydrogen) atoms. The summed E-state index contributed by atoms with van der Waals surface area (Å²) in [6.45, 7) is 1.92. The van der Waals surface area contributed by atoms with Gasteiger partial charge in [-0.25, -0.2) is 9.97 Å². The van der Waals surface area contributed by atoms with Gasteiger partial charge in [-0.15, -0.1) is 10.2 Å². The minimum atomic E-state index is 0.0116. The number of rotatable bonds is 4. The summed E-state index contributed by atoms with van der Waals surface area (Å²) in [5.41, 5.74) is 1.54. The number of fused-ring (bicyclic) bond motifs is 1. The molecular formula is C19H21N5O2S. The molecule has 3 heterocycles. The molecule has 8 heteroatoms. The standard InChI is InChI=1S/C19H21N5O2S/c1-11-23-24-19(27-11)15-8-5-13-10-20-17(9-16(13)21-15)22-18(25)12-3-6-14(26-2)7-4-12/h5,8-10,12,14H,3-4,6-7H2,1-2H3,(H,20,22,25). The van der Waals surface area contributed by atoms with Gasteiger partial charge < -0.3 is 10.1 Å². The highest BCUT2D eigenvalue weighted by Crippen LogP contribution is 2.28. The molecule has 3 aromatic rings. The lowest BCUT2D eigenvalue weighted by Gasteiger charge is -2.26. The van der Waals surface area contributed by atoms with Crippen LogP contribution in [0.25, 0.3) is 21.6 Å². The van der Waals surface area contributed by atoms with E-state index in [2.05, 4.69) is 25.5 Å². The zero-order valence-electron chi connectivity index (χ0n) is 15.3. The van der Waals surface area contributed by atoms with Crippen LogP contribution in [0.15, 0.2) is 24.4 Å². The van der Waals surface area contributed by atoms with Crippen LogP contribution in [0, 0.1) is 12.8 Å². The van der Waals surface area contributed by atoms with Crippen LogP contribution in [0.1, 0.15) is 30.7 Å². The number of amides is 1. The normalized spacial score (nSPS) is 19.9. The van der Waals surface area contributed by atoms with Crippen LogP contribution in [0.2, 0.25) is 0 Å². The molecule has 0 radical (unpaired) electrons. The molecule has 0 saturated heterocycles. The van der Waals surface area contributed by atoms with Crippen LogP contribution in [-0.2, 0) is 9.53 Å². The van der Waals surface area contributed by atoms with Crippen LogP contribution < -0.4 is 5.32 Å². The molecule has 1 amide bonds. The number of nitrogens with zero attached hydrogens (tertiary/aromatic N) is 4. The molecule has 1 aliphatic carbocycles. The van der Waals surface area contributed by atoms with Crippen molar-refractivity contribution in [2.45, 2.75) is 38.7 Å². The molecule has 1 fully saturated rings. The van der Waals surface area contributed by atoms with Crippen molar-refractivity contribution in [2.75, 3.05) is 12.4 Å². The van der Waals surface area contributed by atoms with E-state index < -0.39 is 0 Å². The summed E-state index contributed by atoms with van der Waals surface area (Å²) in [6.07, 6.45) is 5.54. The Morgan fingerprint density at radius 2 is 2.04 bits per heavy atom. The number of aromatic nitrogens is 4. The van der Waals surface area contributed by atoms with Gasteiger partial charge in [0.25, 0.3) is 0 Å². The fraction of sp³-hybridized carbons (Fsp3) is 0.421. The largest absolute Gasteiger partial charge is 0.381 e. The smallest absolute Gasteiger partial charge is 0.228 e. The van der Waals surface area contributed by atoms with Gasteiger partial charge in [0.05, 0.1) is 11.6 Å². The van der Waals surface area contributed by atoms with E-state index in [0.29, 0.717) is 5.82 Å². The first-order valence-corrected chi connectivity index (χ1v) is 9.85. The van der Waals surface area contributed by atoms with Crippen LogP contribution in [0.5, 0.6) is 0 Å². The van der Waals surface area contributed by atoms with Crippen LogP contribution in [0.4, 0.5) is 5.82 Å². The summed E-state index contributed by atoms with van der Waals surface area (Å²) in [7, 11) is 1.73. The summed E-state index contributed by atoms with van der Waals surface area (Å²) in [4.78, 5) is 21.6. The molecular weight excluding hydrogens is 362 g/mol. The molecule has 3 aromatic heterocycles. The maximum absolute atomic E-state index is 12.6. The summed E-state index contributed by atoms with van der Waals surface area (Å²) in [6, 6.07) is 5.68. The van der Waals surface area contributed by atoms with Gasteiger partial charge in [-0.05, 0) is 44.7 Å². The van der Waals surface area contributed by atoms with Crippen molar-refractivity contribution in [2.24, 2.45) is 5.92 Å². The maximum atomic E-state index is 12.6. The van der Waals surface area contributed by atoms with E-state index >= 15 is 0 Å². The summed E-state index contributed by atoms with van der Waals surface area (Å²) >= 11 is 1.50. The Labute approximate surface area is 161 Å². The lowest BCUT2D eigenvalue weighted by atomic mass is 9.87. The number of anilines is 1. The molecule has 0 spiro atoms. The van der Waals surface area contributed by atoms with E-state index in [4.69, 9.17) is 4.74 Å². The number of hydrogen-bond donors (Lipinski definition) is 1. The van der Waals surface area contributed by atoms with Crippen molar-refractivity contribution in [1.82, 2.24) is 20.2 Å². The highest BCUT2D eigenvalue weighted by molar-refractivity contribution is 7.14. The van der Waals surface area contributed by atoms with Crippen LogP contribution >= 0.6 is 11.3 Å². The van der Waals surface area contributed by atoms with E-state index in [-0.39, 0.29) is 17.9 Å². The molecule has 0 unspecified atom stereocenters. The molecule has 0 bridgehead atoms. The van der Waals surface area contributed by atoms with Gasteiger partial charge in [0.15, 0.2) is 5.01 Å². The van der Waals surface area contributed by atoms with E-state index in [1.807, 2.05) is 25.1 Å². The topological polar surface area (TPSA) is 89.9 Å². The first kappa shape index (κ1) is 17.9. The predicted molar refractivity (Wildman–Crippen MR) is 105 cm³/mol. The van der Waals surface area contributed by atoms with Gasteiger partial charge in [0.2, 0.25) is 5.91 Å². The first-order valence-electron chi connectivity index (χ1n) is 9.03. The number of carbonyl (C=O) groups excluding carboxylic acids is 1. The van der Waals surface area contributed by atoms with E-state index in [9.17, 15) is 4.79 Å². The average Bonchev–Trinajstić information content (AvgIpc) is 3.14. The summed E-state index contributed by atoms with van der Waals surface area (Å²) in [5, 5.41) is 13.7. The van der Waals surface area contributed by atoms with E-state index in [1.165, 1.54) is 11.3 Å². The molecule has 0 aromatic carbocycles. The zero-order chi connectivity index (χ0) is 18.8. The Morgan fingerprint density at radius 1 is 1.22 bits per heavy atom. The van der Waals surface area contributed by atoms with Gasteiger partial charge in [-0.3, -0.25) is 4.79 Å². The van der Waals surface area contributed by atoms with Crippen molar-refractivity contribution in [1.29, 1.82) is 0 Å². The van der Waals surface area contributed by atoms with Crippen molar-refractivity contribution in [3.05, 3.63) is 29.4 Å². The molecule has 140 valence electrons. The van der Waals surface area contributed by atoms with Gasteiger partial charge in [0, 0.05) is 30.7 Å². The quantitative estimate of drug-likeness (QED) is 0.740. The molecule has 0 atom stereocenters. The van der Waals surface area contributed by atoms with Crippen molar-refractivity contribution < 1.29 is 9.53 Å². The predicted octanol–water partition coefficient (Wildman–Crippen LogP) is 3.60. The fourth-order valence-corrected chi connectivity index (χ4v) is 4.05. The minimum Gasteiger partial charge on any atom is -0.381 e. The number of pyridine rings is 2. The summed E-state index contributed by atoms with van der Waals surface area (Å²) in [5.74, 6) is 0.560. The minimum absolute atomic E-state index is 0.0116. The first-order chi connectivity index (χ1) is 13.1. The molecule has 0 aliphatic heterocycles. The second-order valence-electron chi connectivity index (χ2n) is 6.78. The maximum Gasteiger partial charge on any atom is 0.228 e. The third kappa shape index (κ3) is 3.96. The van der Waals surface area contributed by atoms with Crippen LogP contribution in [-0.4, -0.2) is 39.3 Å². The Bertz CT molecular complexity index is 966.